The predicted molar refractivity (Wildman–Crippen MR) is 103 cm³/mol. The molecule has 2 N–H and O–H groups in total. The average Bonchev–Trinajstić information content (AvgIpc) is 2.69. The first-order valence-electron chi connectivity index (χ1n) is 9.29. The fourth-order valence-electron chi connectivity index (χ4n) is 3.19. The molecule has 1 fully saturated rings. The fraction of sp³-hybridized carbons (Fsp3) is 0.632. The van der Waals surface area contributed by atoms with Gasteiger partial charge >= 0.3 is 6.03 Å². The van der Waals surface area contributed by atoms with Crippen molar-refractivity contribution in [2.75, 3.05) is 66.6 Å². The molecule has 1 aromatic rings. The highest BCUT2D eigenvalue weighted by atomic mass is 16.5. The fourth-order valence-corrected chi connectivity index (χ4v) is 3.19. The van der Waals surface area contributed by atoms with E-state index in [0.29, 0.717) is 19.7 Å². The van der Waals surface area contributed by atoms with E-state index in [-0.39, 0.29) is 12.1 Å². The van der Waals surface area contributed by atoms with Crippen LogP contribution in [0.5, 0.6) is 5.75 Å². The Labute approximate surface area is 156 Å². The van der Waals surface area contributed by atoms with E-state index in [1.54, 1.807) is 14.2 Å². The van der Waals surface area contributed by atoms with Gasteiger partial charge in [0.2, 0.25) is 0 Å². The molecule has 1 aliphatic heterocycles. The lowest BCUT2D eigenvalue weighted by atomic mass is 10.0. The lowest BCUT2D eigenvalue weighted by Crippen LogP contribution is -2.50. The summed E-state index contributed by atoms with van der Waals surface area (Å²) in [5.41, 5.74) is 1.19. The third-order valence-electron chi connectivity index (χ3n) is 4.84. The number of ether oxygens (including phenoxy) is 2. The molecule has 0 aliphatic carbocycles. The molecular weight excluding hydrogens is 332 g/mol. The minimum atomic E-state index is -0.159. The van der Waals surface area contributed by atoms with E-state index in [4.69, 9.17) is 9.47 Å². The van der Waals surface area contributed by atoms with Crippen molar-refractivity contribution in [3.05, 3.63) is 29.8 Å². The maximum absolute atomic E-state index is 12.0. The second kappa shape index (κ2) is 11.0. The van der Waals surface area contributed by atoms with Crippen LogP contribution in [0.4, 0.5) is 4.79 Å². The van der Waals surface area contributed by atoms with Crippen molar-refractivity contribution < 1.29 is 14.3 Å². The molecule has 26 heavy (non-hydrogen) atoms. The summed E-state index contributed by atoms with van der Waals surface area (Å²) in [5.74, 6) is 0.841. The standard InChI is InChI=1S/C19H32N4O3/c1-4-22-10-12-23(13-11-22)18(15-21-19(24)20-9-14-25-2)16-5-7-17(26-3)8-6-16/h5-8,18H,4,9-15H2,1-3H3,(H2,20,21,24). The highest BCUT2D eigenvalue weighted by Gasteiger charge is 2.25. The topological polar surface area (TPSA) is 66.1 Å². The van der Waals surface area contributed by atoms with Crippen LogP contribution in [0.1, 0.15) is 18.5 Å². The third kappa shape index (κ3) is 6.16. The molecule has 7 nitrogen and oxygen atoms in total. The number of rotatable bonds is 9. The number of nitrogens with zero attached hydrogens (tertiary/aromatic N) is 2. The summed E-state index contributed by atoms with van der Waals surface area (Å²) in [5, 5.41) is 5.81. The molecule has 1 saturated heterocycles. The Morgan fingerprint density at radius 1 is 1.12 bits per heavy atom. The number of piperazine rings is 1. The zero-order chi connectivity index (χ0) is 18.8. The van der Waals surface area contributed by atoms with Crippen molar-refractivity contribution in [2.45, 2.75) is 13.0 Å². The summed E-state index contributed by atoms with van der Waals surface area (Å²) in [4.78, 5) is 16.9. The number of methoxy groups -OCH3 is 2. The maximum Gasteiger partial charge on any atom is 0.314 e. The van der Waals surface area contributed by atoms with E-state index in [1.165, 1.54) is 5.56 Å². The summed E-state index contributed by atoms with van der Waals surface area (Å²) < 4.78 is 10.2. The predicted octanol–water partition coefficient (Wildman–Crippen LogP) is 1.32. The van der Waals surface area contributed by atoms with Crippen LogP contribution in [0.25, 0.3) is 0 Å². The van der Waals surface area contributed by atoms with Crippen LogP contribution in [0.15, 0.2) is 24.3 Å². The van der Waals surface area contributed by atoms with Gasteiger partial charge in [-0.15, -0.1) is 0 Å². The van der Waals surface area contributed by atoms with Crippen LogP contribution >= 0.6 is 0 Å². The van der Waals surface area contributed by atoms with Gasteiger partial charge in [-0.3, -0.25) is 4.90 Å². The summed E-state index contributed by atoms with van der Waals surface area (Å²) in [7, 11) is 3.29. The van der Waals surface area contributed by atoms with E-state index in [9.17, 15) is 4.79 Å². The zero-order valence-electron chi connectivity index (χ0n) is 16.2. The average molecular weight is 364 g/mol. The highest BCUT2D eigenvalue weighted by Crippen LogP contribution is 2.24. The number of hydrogen-bond donors (Lipinski definition) is 2. The first kappa shape index (κ1) is 20.5. The van der Waals surface area contributed by atoms with Crippen molar-refractivity contribution in [2.24, 2.45) is 0 Å². The van der Waals surface area contributed by atoms with Gasteiger partial charge in [0.1, 0.15) is 5.75 Å². The molecule has 1 unspecified atom stereocenters. The van der Waals surface area contributed by atoms with Crippen molar-refractivity contribution in [3.63, 3.8) is 0 Å². The molecule has 1 atom stereocenters. The number of amides is 2. The minimum Gasteiger partial charge on any atom is -0.497 e. The summed E-state index contributed by atoms with van der Waals surface area (Å²) in [6.07, 6.45) is 0. The first-order chi connectivity index (χ1) is 12.7. The van der Waals surface area contributed by atoms with E-state index in [1.807, 2.05) is 12.1 Å². The van der Waals surface area contributed by atoms with Crippen LogP contribution in [0, 0.1) is 0 Å². The molecule has 2 rings (SSSR count). The van der Waals surface area contributed by atoms with Crippen LogP contribution in [0.3, 0.4) is 0 Å². The van der Waals surface area contributed by atoms with Crippen molar-refractivity contribution in [1.82, 2.24) is 20.4 Å². The van der Waals surface area contributed by atoms with E-state index in [2.05, 4.69) is 39.5 Å². The van der Waals surface area contributed by atoms with E-state index >= 15 is 0 Å². The maximum atomic E-state index is 12.0. The van der Waals surface area contributed by atoms with Gasteiger partial charge < -0.3 is 25.0 Å². The largest absolute Gasteiger partial charge is 0.497 e. The van der Waals surface area contributed by atoms with Gasteiger partial charge in [-0.25, -0.2) is 4.79 Å². The molecule has 1 aliphatic rings. The SMILES string of the molecule is CCN1CCN(C(CNC(=O)NCCOC)c2ccc(OC)cc2)CC1. The van der Waals surface area contributed by atoms with Crippen molar-refractivity contribution in [3.8, 4) is 5.75 Å². The minimum absolute atomic E-state index is 0.146. The Morgan fingerprint density at radius 2 is 1.81 bits per heavy atom. The van der Waals surface area contributed by atoms with Crippen LogP contribution in [0.2, 0.25) is 0 Å². The first-order valence-corrected chi connectivity index (χ1v) is 9.29. The van der Waals surface area contributed by atoms with Gasteiger partial charge in [-0.05, 0) is 24.2 Å². The van der Waals surface area contributed by atoms with E-state index in [0.717, 1.165) is 38.5 Å². The van der Waals surface area contributed by atoms with Gasteiger partial charge in [0.25, 0.3) is 0 Å². The lowest BCUT2D eigenvalue weighted by Gasteiger charge is -2.39. The Bertz CT molecular complexity index is 530. The summed E-state index contributed by atoms with van der Waals surface area (Å²) >= 11 is 0. The van der Waals surface area contributed by atoms with Crippen molar-refractivity contribution >= 4 is 6.03 Å². The van der Waals surface area contributed by atoms with Gasteiger partial charge in [-0.1, -0.05) is 19.1 Å². The summed E-state index contributed by atoms with van der Waals surface area (Å²) in [6, 6.07) is 8.10. The monoisotopic (exact) mass is 364 g/mol. The highest BCUT2D eigenvalue weighted by molar-refractivity contribution is 5.73. The lowest BCUT2D eigenvalue weighted by molar-refractivity contribution is 0.0989. The van der Waals surface area contributed by atoms with E-state index < -0.39 is 0 Å². The molecule has 0 radical (unpaired) electrons. The molecule has 0 bridgehead atoms. The Kier molecular flexibility index (Phi) is 8.67. The molecule has 1 aromatic carbocycles. The van der Waals surface area contributed by atoms with Gasteiger partial charge in [0.15, 0.2) is 0 Å². The van der Waals surface area contributed by atoms with Gasteiger partial charge in [0, 0.05) is 46.4 Å². The smallest absolute Gasteiger partial charge is 0.314 e. The van der Waals surface area contributed by atoms with Crippen LogP contribution < -0.4 is 15.4 Å². The quantitative estimate of drug-likeness (QED) is 0.647. The molecule has 7 heteroatoms. The number of urea groups is 1. The molecule has 0 spiro atoms. The van der Waals surface area contributed by atoms with Gasteiger partial charge in [0.05, 0.1) is 19.8 Å². The Morgan fingerprint density at radius 3 is 2.38 bits per heavy atom. The second-order valence-corrected chi connectivity index (χ2v) is 6.39. The Balaban J connectivity index is 2.00. The normalized spacial score (nSPS) is 16.9. The van der Waals surface area contributed by atoms with Crippen LogP contribution in [-0.2, 0) is 4.74 Å². The van der Waals surface area contributed by atoms with Gasteiger partial charge in [-0.2, -0.15) is 0 Å². The molecule has 0 saturated carbocycles. The number of benzene rings is 1. The zero-order valence-corrected chi connectivity index (χ0v) is 16.2. The third-order valence-corrected chi connectivity index (χ3v) is 4.84. The molecule has 1 heterocycles. The number of carbonyl (C=O) groups is 1. The number of hydrogen-bond acceptors (Lipinski definition) is 5. The molecule has 146 valence electrons. The molecule has 2 amide bonds. The van der Waals surface area contributed by atoms with Crippen molar-refractivity contribution in [1.29, 1.82) is 0 Å². The number of carbonyl (C=O) groups excluding carboxylic acids is 1. The number of likely N-dealkylation sites (N-methyl/N-ethyl adjacent to an activating group) is 1. The molecular formula is C19H32N4O3. The van der Waals surface area contributed by atoms with Crippen LogP contribution in [-0.4, -0.2) is 82.5 Å². The summed E-state index contributed by atoms with van der Waals surface area (Å²) in [6.45, 7) is 8.97. The second-order valence-electron chi connectivity index (χ2n) is 6.39. The Hall–Kier alpha value is -1.83. The molecule has 0 aromatic heterocycles. The number of nitrogens with one attached hydrogen (secondary N) is 2.